The van der Waals surface area contributed by atoms with Gasteiger partial charge in [-0.2, -0.15) is 0 Å². The van der Waals surface area contributed by atoms with Gasteiger partial charge < -0.3 is 9.84 Å². The Bertz CT molecular complexity index is 195. The molecule has 1 heterocycles. The molecular formula is C12H20O2. The molecule has 1 N–H and O–H groups in total. The SMILES string of the molecule is C#CC[C@H]1C[C@H](C)[C@H](CCCCO)O1. The Hall–Kier alpha value is -0.520. The molecule has 3 atom stereocenters. The summed E-state index contributed by atoms with van der Waals surface area (Å²) in [7, 11) is 0. The van der Waals surface area contributed by atoms with E-state index in [1.54, 1.807) is 0 Å². The third-order valence-corrected chi connectivity index (χ3v) is 2.88. The quantitative estimate of drug-likeness (QED) is 0.538. The topological polar surface area (TPSA) is 29.5 Å². The third kappa shape index (κ3) is 3.32. The maximum absolute atomic E-state index is 8.67. The molecule has 80 valence electrons. The standard InChI is InChI=1S/C12H20O2/c1-3-6-11-9-10(2)12(14-11)7-4-5-8-13/h1,10-13H,4-9H2,2H3/t10-,11-,12-/m0/s1. The van der Waals surface area contributed by atoms with Crippen molar-refractivity contribution in [3.63, 3.8) is 0 Å². The van der Waals surface area contributed by atoms with E-state index in [2.05, 4.69) is 12.8 Å². The Morgan fingerprint density at radius 2 is 2.29 bits per heavy atom. The molecule has 0 amide bonds. The van der Waals surface area contributed by atoms with Crippen molar-refractivity contribution < 1.29 is 9.84 Å². The molecule has 0 aromatic heterocycles. The molecule has 0 bridgehead atoms. The molecule has 0 aromatic carbocycles. The Balaban J connectivity index is 2.23. The summed E-state index contributed by atoms with van der Waals surface area (Å²) in [4.78, 5) is 0. The summed E-state index contributed by atoms with van der Waals surface area (Å²) < 4.78 is 5.84. The van der Waals surface area contributed by atoms with E-state index in [-0.39, 0.29) is 12.7 Å². The van der Waals surface area contributed by atoms with Crippen molar-refractivity contribution in [2.75, 3.05) is 6.61 Å². The lowest BCUT2D eigenvalue weighted by Crippen LogP contribution is -2.14. The fraction of sp³-hybridized carbons (Fsp3) is 0.833. The predicted molar refractivity (Wildman–Crippen MR) is 56.8 cm³/mol. The van der Waals surface area contributed by atoms with E-state index >= 15 is 0 Å². The second kappa shape index (κ2) is 6.06. The first-order chi connectivity index (χ1) is 6.77. The van der Waals surface area contributed by atoms with Crippen LogP contribution in [0.1, 0.15) is 39.0 Å². The maximum atomic E-state index is 8.67. The first kappa shape index (κ1) is 11.6. The van der Waals surface area contributed by atoms with Gasteiger partial charge in [-0.25, -0.2) is 0 Å². The summed E-state index contributed by atoms with van der Waals surface area (Å²) in [5, 5.41) is 8.67. The van der Waals surface area contributed by atoms with Gasteiger partial charge in [-0.05, 0) is 31.6 Å². The van der Waals surface area contributed by atoms with Crippen LogP contribution in [0.5, 0.6) is 0 Å². The van der Waals surface area contributed by atoms with Crippen LogP contribution < -0.4 is 0 Å². The van der Waals surface area contributed by atoms with Crippen LogP contribution in [0.25, 0.3) is 0 Å². The van der Waals surface area contributed by atoms with Crippen LogP contribution >= 0.6 is 0 Å². The molecule has 1 fully saturated rings. The zero-order valence-electron chi connectivity index (χ0n) is 8.91. The van der Waals surface area contributed by atoms with Gasteiger partial charge in [-0.3, -0.25) is 0 Å². The zero-order chi connectivity index (χ0) is 10.4. The highest BCUT2D eigenvalue weighted by Gasteiger charge is 2.30. The summed E-state index contributed by atoms with van der Waals surface area (Å²) in [5.41, 5.74) is 0. The van der Waals surface area contributed by atoms with Crippen molar-refractivity contribution in [2.24, 2.45) is 5.92 Å². The number of unbranched alkanes of at least 4 members (excludes halogenated alkanes) is 1. The van der Waals surface area contributed by atoms with Gasteiger partial charge in [0, 0.05) is 13.0 Å². The maximum Gasteiger partial charge on any atom is 0.0691 e. The van der Waals surface area contributed by atoms with Crippen LogP contribution in [0.4, 0.5) is 0 Å². The lowest BCUT2D eigenvalue weighted by molar-refractivity contribution is 0.0319. The third-order valence-electron chi connectivity index (χ3n) is 2.88. The van der Waals surface area contributed by atoms with Crippen molar-refractivity contribution in [2.45, 2.75) is 51.2 Å². The lowest BCUT2D eigenvalue weighted by Gasteiger charge is -2.14. The number of hydrogen-bond donors (Lipinski definition) is 1. The van der Waals surface area contributed by atoms with Crippen molar-refractivity contribution in [3.8, 4) is 12.3 Å². The molecular weight excluding hydrogens is 176 g/mol. The van der Waals surface area contributed by atoms with Gasteiger partial charge in [0.1, 0.15) is 0 Å². The molecule has 1 rings (SSSR count). The monoisotopic (exact) mass is 196 g/mol. The van der Waals surface area contributed by atoms with Crippen LogP contribution in [0.15, 0.2) is 0 Å². The molecule has 1 aliphatic heterocycles. The van der Waals surface area contributed by atoms with E-state index in [4.69, 9.17) is 16.3 Å². The minimum absolute atomic E-state index is 0.272. The average molecular weight is 196 g/mol. The minimum Gasteiger partial charge on any atom is -0.396 e. The van der Waals surface area contributed by atoms with E-state index in [1.807, 2.05) is 0 Å². The highest BCUT2D eigenvalue weighted by molar-refractivity contribution is 4.91. The van der Waals surface area contributed by atoms with Gasteiger partial charge in [0.05, 0.1) is 12.2 Å². The van der Waals surface area contributed by atoms with E-state index in [1.165, 1.54) is 0 Å². The van der Waals surface area contributed by atoms with E-state index in [0.29, 0.717) is 12.0 Å². The first-order valence-electron chi connectivity index (χ1n) is 5.47. The number of aliphatic hydroxyl groups excluding tert-OH is 1. The summed E-state index contributed by atoms with van der Waals surface area (Å²) in [6.45, 7) is 2.51. The van der Waals surface area contributed by atoms with Crippen molar-refractivity contribution in [1.82, 2.24) is 0 Å². The summed E-state index contributed by atoms with van der Waals surface area (Å²) in [6, 6.07) is 0. The number of rotatable bonds is 5. The lowest BCUT2D eigenvalue weighted by atomic mass is 9.97. The summed E-state index contributed by atoms with van der Waals surface area (Å²) in [6.07, 6.45) is 10.7. The molecule has 0 radical (unpaired) electrons. The normalized spacial score (nSPS) is 31.6. The molecule has 0 aromatic rings. The smallest absolute Gasteiger partial charge is 0.0691 e. The average Bonchev–Trinajstić information content (AvgIpc) is 2.48. The number of hydrogen-bond acceptors (Lipinski definition) is 2. The Kier molecular flexibility index (Phi) is 5.00. The molecule has 0 spiro atoms. The van der Waals surface area contributed by atoms with Crippen molar-refractivity contribution in [3.05, 3.63) is 0 Å². The van der Waals surface area contributed by atoms with E-state index < -0.39 is 0 Å². The van der Waals surface area contributed by atoms with Crippen molar-refractivity contribution >= 4 is 0 Å². The molecule has 2 nitrogen and oxygen atoms in total. The van der Waals surface area contributed by atoms with Crippen LogP contribution in [0.2, 0.25) is 0 Å². The molecule has 1 aliphatic rings. The second-order valence-electron chi connectivity index (χ2n) is 4.14. The Labute approximate surface area is 86.7 Å². The van der Waals surface area contributed by atoms with E-state index in [9.17, 15) is 0 Å². The first-order valence-corrected chi connectivity index (χ1v) is 5.47. The van der Waals surface area contributed by atoms with Gasteiger partial charge in [0.25, 0.3) is 0 Å². The highest BCUT2D eigenvalue weighted by atomic mass is 16.5. The van der Waals surface area contributed by atoms with Gasteiger partial charge in [0.15, 0.2) is 0 Å². The number of ether oxygens (including phenoxy) is 1. The largest absolute Gasteiger partial charge is 0.396 e. The highest BCUT2D eigenvalue weighted by Crippen LogP contribution is 2.30. The van der Waals surface area contributed by atoms with Crippen LogP contribution in [0.3, 0.4) is 0 Å². The molecule has 0 unspecified atom stereocenters. The Morgan fingerprint density at radius 3 is 2.93 bits per heavy atom. The summed E-state index contributed by atoms with van der Waals surface area (Å²) in [5.74, 6) is 3.27. The van der Waals surface area contributed by atoms with Crippen LogP contribution in [0, 0.1) is 18.3 Å². The molecule has 0 saturated carbocycles. The van der Waals surface area contributed by atoms with Gasteiger partial charge in [0.2, 0.25) is 0 Å². The van der Waals surface area contributed by atoms with Gasteiger partial charge in [-0.15, -0.1) is 12.3 Å². The molecule has 1 saturated heterocycles. The van der Waals surface area contributed by atoms with Crippen LogP contribution in [-0.2, 0) is 4.74 Å². The van der Waals surface area contributed by atoms with Crippen LogP contribution in [-0.4, -0.2) is 23.9 Å². The second-order valence-corrected chi connectivity index (χ2v) is 4.14. The molecule has 0 aliphatic carbocycles. The van der Waals surface area contributed by atoms with Crippen molar-refractivity contribution in [1.29, 1.82) is 0 Å². The fourth-order valence-corrected chi connectivity index (χ4v) is 2.08. The predicted octanol–water partition coefficient (Wildman–Crippen LogP) is 1.97. The number of terminal acetylenes is 1. The fourth-order valence-electron chi connectivity index (χ4n) is 2.08. The van der Waals surface area contributed by atoms with E-state index in [0.717, 1.165) is 32.1 Å². The summed E-state index contributed by atoms with van der Waals surface area (Å²) >= 11 is 0. The molecule has 14 heavy (non-hydrogen) atoms. The number of aliphatic hydroxyl groups is 1. The molecule has 2 heteroatoms. The minimum atomic E-state index is 0.272. The van der Waals surface area contributed by atoms with Gasteiger partial charge in [-0.1, -0.05) is 6.92 Å². The van der Waals surface area contributed by atoms with Gasteiger partial charge >= 0.3 is 0 Å². The zero-order valence-corrected chi connectivity index (χ0v) is 8.91. The Morgan fingerprint density at radius 1 is 1.50 bits per heavy atom.